The molecule has 140 valence electrons. The summed E-state index contributed by atoms with van der Waals surface area (Å²) in [6.07, 6.45) is 2.05. The van der Waals surface area contributed by atoms with E-state index in [-0.39, 0.29) is 24.0 Å². The minimum Gasteiger partial charge on any atom is -0.486 e. The van der Waals surface area contributed by atoms with E-state index >= 15 is 0 Å². The van der Waals surface area contributed by atoms with Crippen LogP contribution >= 0.6 is 24.0 Å². The van der Waals surface area contributed by atoms with Crippen LogP contribution in [-0.2, 0) is 11.2 Å². The average molecular weight is 461 g/mol. The van der Waals surface area contributed by atoms with Crippen molar-refractivity contribution in [3.05, 3.63) is 23.8 Å². The SMILES string of the molecule is CN=C(NCCc1ccc2c(c1)OCCO2)N(C)CC1CCOC1.I. The molecule has 1 saturated heterocycles. The maximum Gasteiger partial charge on any atom is 0.193 e. The van der Waals surface area contributed by atoms with Crippen LogP contribution in [0.15, 0.2) is 23.2 Å². The molecule has 0 saturated carbocycles. The first-order valence-corrected chi connectivity index (χ1v) is 8.64. The van der Waals surface area contributed by atoms with Gasteiger partial charge >= 0.3 is 0 Å². The third-order valence-corrected chi connectivity index (χ3v) is 4.43. The Labute approximate surface area is 166 Å². The molecule has 0 aromatic heterocycles. The fourth-order valence-corrected chi connectivity index (χ4v) is 3.15. The summed E-state index contributed by atoms with van der Waals surface area (Å²) in [6.45, 7) is 4.80. The molecular weight excluding hydrogens is 433 g/mol. The van der Waals surface area contributed by atoms with Gasteiger partial charge in [-0.15, -0.1) is 24.0 Å². The van der Waals surface area contributed by atoms with E-state index in [0.29, 0.717) is 19.1 Å². The van der Waals surface area contributed by atoms with Crippen molar-refractivity contribution in [2.75, 3.05) is 53.6 Å². The van der Waals surface area contributed by atoms with Crippen LogP contribution in [0, 0.1) is 5.92 Å². The first-order chi connectivity index (χ1) is 11.8. The number of hydrogen-bond donors (Lipinski definition) is 1. The molecule has 2 heterocycles. The van der Waals surface area contributed by atoms with Crippen molar-refractivity contribution in [2.45, 2.75) is 12.8 Å². The number of ether oxygens (including phenoxy) is 3. The summed E-state index contributed by atoms with van der Waals surface area (Å²) in [4.78, 5) is 6.56. The van der Waals surface area contributed by atoms with Gasteiger partial charge < -0.3 is 24.4 Å². The maximum absolute atomic E-state index is 5.64. The summed E-state index contributed by atoms with van der Waals surface area (Å²) in [7, 11) is 3.91. The largest absolute Gasteiger partial charge is 0.486 e. The fourth-order valence-electron chi connectivity index (χ4n) is 3.15. The number of benzene rings is 1. The molecule has 1 aromatic rings. The number of aliphatic imine (C=N–C) groups is 1. The second-order valence-electron chi connectivity index (χ2n) is 6.31. The molecule has 2 aliphatic rings. The molecule has 7 heteroatoms. The lowest BCUT2D eigenvalue weighted by Gasteiger charge is -2.24. The van der Waals surface area contributed by atoms with Gasteiger partial charge in [0, 0.05) is 39.7 Å². The van der Waals surface area contributed by atoms with Gasteiger partial charge in [0.15, 0.2) is 17.5 Å². The highest BCUT2D eigenvalue weighted by molar-refractivity contribution is 14.0. The Bertz CT molecular complexity index is 577. The molecule has 3 rings (SSSR count). The zero-order valence-corrected chi connectivity index (χ0v) is 17.3. The first kappa shape index (κ1) is 20.1. The Balaban J connectivity index is 0.00000225. The molecule has 0 aliphatic carbocycles. The van der Waals surface area contributed by atoms with E-state index in [4.69, 9.17) is 14.2 Å². The quantitative estimate of drug-likeness (QED) is 0.414. The van der Waals surface area contributed by atoms with Gasteiger partial charge in [0.25, 0.3) is 0 Å². The maximum atomic E-state index is 5.64. The smallest absolute Gasteiger partial charge is 0.193 e. The third kappa shape index (κ3) is 5.64. The van der Waals surface area contributed by atoms with Crippen LogP contribution < -0.4 is 14.8 Å². The average Bonchev–Trinajstić information content (AvgIpc) is 3.11. The van der Waals surface area contributed by atoms with Crippen LogP contribution in [0.5, 0.6) is 11.5 Å². The summed E-state index contributed by atoms with van der Waals surface area (Å²) >= 11 is 0. The van der Waals surface area contributed by atoms with E-state index in [2.05, 4.69) is 34.4 Å². The van der Waals surface area contributed by atoms with Gasteiger partial charge in [-0.05, 0) is 30.5 Å². The van der Waals surface area contributed by atoms with E-state index in [1.165, 1.54) is 5.56 Å². The van der Waals surface area contributed by atoms with Gasteiger partial charge in [0.2, 0.25) is 0 Å². The third-order valence-electron chi connectivity index (χ3n) is 4.43. The second-order valence-corrected chi connectivity index (χ2v) is 6.31. The van der Waals surface area contributed by atoms with Crippen molar-refractivity contribution in [2.24, 2.45) is 10.9 Å². The van der Waals surface area contributed by atoms with Gasteiger partial charge in [0.05, 0.1) is 6.61 Å². The summed E-state index contributed by atoms with van der Waals surface area (Å²) in [5.74, 6) is 3.22. The minimum atomic E-state index is 0. The van der Waals surface area contributed by atoms with Crippen LogP contribution in [0.3, 0.4) is 0 Å². The van der Waals surface area contributed by atoms with Crippen molar-refractivity contribution in [3.63, 3.8) is 0 Å². The van der Waals surface area contributed by atoms with E-state index in [1.54, 1.807) is 0 Å². The van der Waals surface area contributed by atoms with E-state index < -0.39 is 0 Å². The Morgan fingerprint density at radius 2 is 2.04 bits per heavy atom. The van der Waals surface area contributed by atoms with Gasteiger partial charge in [-0.1, -0.05) is 6.07 Å². The zero-order valence-electron chi connectivity index (χ0n) is 15.0. The van der Waals surface area contributed by atoms with Crippen molar-refractivity contribution < 1.29 is 14.2 Å². The van der Waals surface area contributed by atoms with Crippen LogP contribution in [0.25, 0.3) is 0 Å². The van der Waals surface area contributed by atoms with Crippen molar-refractivity contribution in [3.8, 4) is 11.5 Å². The van der Waals surface area contributed by atoms with Crippen molar-refractivity contribution >= 4 is 29.9 Å². The summed E-state index contributed by atoms with van der Waals surface area (Å²) in [6, 6.07) is 6.15. The van der Waals surface area contributed by atoms with Crippen LogP contribution in [0.1, 0.15) is 12.0 Å². The standard InChI is InChI=1S/C18H27N3O3.HI/c1-19-18(21(2)12-15-6-8-22-13-15)20-7-5-14-3-4-16-17(11-14)24-10-9-23-16;/h3-4,11,15H,5-10,12-13H2,1-2H3,(H,19,20);1H. The van der Waals surface area contributed by atoms with Crippen LogP contribution in [-0.4, -0.2) is 64.5 Å². The van der Waals surface area contributed by atoms with Crippen molar-refractivity contribution in [1.82, 2.24) is 10.2 Å². The molecule has 25 heavy (non-hydrogen) atoms. The molecule has 1 fully saturated rings. The predicted molar refractivity (Wildman–Crippen MR) is 109 cm³/mol. The molecule has 1 N–H and O–H groups in total. The lowest BCUT2D eigenvalue weighted by atomic mass is 10.1. The van der Waals surface area contributed by atoms with Gasteiger partial charge in [-0.2, -0.15) is 0 Å². The second kappa shape index (κ2) is 10.1. The number of nitrogens with one attached hydrogen (secondary N) is 1. The van der Waals surface area contributed by atoms with E-state index in [0.717, 1.165) is 56.6 Å². The van der Waals surface area contributed by atoms with Crippen LogP contribution in [0.4, 0.5) is 0 Å². The Morgan fingerprint density at radius 1 is 1.24 bits per heavy atom. The molecule has 1 atom stereocenters. The number of halogens is 1. The molecule has 2 aliphatic heterocycles. The number of rotatable bonds is 5. The van der Waals surface area contributed by atoms with E-state index in [9.17, 15) is 0 Å². The number of guanidine groups is 1. The van der Waals surface area contributed by atoms with E-state index in [1.807, 2.05) is 13.1 Å². The topological polar surface area (TPSA) is 55.3 Å². The molecule has 1 aromatic carbocycles. The molecule has 0 radical (unpaired) electrons. The van der Waals surface area contributed by atoms with Gasteiger partial charge in [0.1, 0.15) is 13.2 Å². The monoisotopic (exact) mass is 461 g/mol. The predicted octanol–water partition coefficient (Wildman–Crippen LogP) is 2.16. The highest BCUT2D eigenvalue weighted by Gasteiger charge is 2.19. The summed E-state index contributed by atoms with van der Waals surface area (Å²) < 4.78 is 16.6. The lowest BCUT2D eigenvalue weighted by Crippen LogP contribution is -2.42. The summed E-state index contributed by atoms with van der Waals surface area (Å²) in [5, 5.41) is 3.43. The van der Waals surface area contributed by atoms with Gasteiger partial charge in [-0.25, -0.2) is 0 Å². The first-order valence-electron chi connectivity index (χ1n) is 8.64. The molecule has 6 nitrogen and oxygen atoms in total. The lowest BCUT2D eigenvalue weighted by molar-refractivity contribution is 0.171. The Kier molecular flexibility index (Phi) is 8.08. The number of fused-ring (bicyclic) bond motifs is 1. The Hall–Kier alpha value is -1.22. The number of hydrogen-bond acceptors (Lipinski definition) is 4. The molecule has 0 bridgehead atoms. The summed E-state index contributed by atoms with van der Waals surface area (Å²) in [5.41, 5.74) is 1.23. The highest BCUT2D eigenvalue weighted by Crippen LogP contribution is 2.30. The molecule has 1 unspecified atom stereocenters. The van der Waals surface area contributed by atoms with Gasteiger partial charge in [-0.3, -0.25) is 4.99 Å². The molecular formula is C18H28IN3O3. The van der Waals surface area contributed by atoms with Crippen LogP contribution in [0.2, 0.25) is 0 Å². The Morgan fingerprint density at radius 3 is 2.76 bits per heavy atom. The number of nitrogens with zero attached hydrogens (tertiary/aromatic N) is 2. The highest BCUT2D eigenvalue weighted by atomic mass is 127. The molecule has 0 amide bonds. The normalized spacial score (nSPS) is 19.3. The fraction of sp³-hybridized carbons (Fsp3) is 0.611. The minimum absolute atomic E-state index is 0. The van der Waals surface area contributed by atoms with Crippen molar-refractivity contribution in [1.29, 1.82) is 0 Å². The zero-order chi connectivity index (χ0) is 16.8. The molecule has 0 spiro atoms.